The van der Waals surface area contributed by atoms with E-state index < -0.39 is 9.84 Å². The van der Waals surface area contributed by atoms with Crippen molar-refractivity contribution in [3.8, 4) is 5.75 Å². The molecular weight excluding hydrogens is 287 g/mol. The first kappa shape index (κ1) is 14.6. The van der Waals surface area contributed by atoms with Gasteiger partial charge in [0.1, 0.15) is 17.4 Å². The van der Waals surface area contributed by atoms with Gasteiger partial charge in [0.05, 0.1) is 16.5 Å². The highest BCUT2D eigenvalue weighted by atomic mass is 35.5. The molecule has 0 heterocycles. The van der Waals surface area contributed by atoms with Gasteiger partial charge >= 0.3 is 0 Å². The summed E-state index contributed by atoms with van der Waals surface area (Å²) in [6.07, 6.45) is 1.07. The lowest BCUT2D eigenvalue weighted by Crippen LogP contribution is -2.05. The van der Waals surface area contributed by atoms with Gasteiger partial charge in [-0.2, -0.15) is 0 Å². The van der Waals surface area contributed by atoms with Gasteiger partial charge in [0.25, 0.3) is 0 Å². The fraction of sp³-hybridized carbons (Fsp3) is 0.400. The number of sulfone groups is 1. The average Bonchev–Trinajstić information content (AvgIpc) is 2.23. The molecule has 0 aromatic heterocycles. The second-order valence-corrected chi connectivity index (χ2v) is 6.04. The Kier molecular flexibility index (Phi) is 5.06. The van der Waals surface area contributed by atoms with Crippen LogP contribution in [-0.4, -0.2) is 35.0 Å². The Bertz CT molecular complexity index is 499. The van der Waals surface area contributed by atoms with E-state index in [1.165, 1.54) is 12.1 Å². The minimum absolute atomic E-state index is 0.0109. The van der Waals surface area contributed by atoms with E-state index in [-0.39, 0.29) is 14.9 Å². The average molecular weight is 299 g/mol. The van der Waals surface area contributed by atoms with Crippen molar-refractivity contribution < 1.29 is 17.9 Å². The zero-order chi connectivity index (χ0) is 13.1. The van der Waals surface area contributed by atoms with Gasteiger partial charge in [0.15, 0.2) is 9.84 Å². The maximum Gasteiger partial charge on any atom is 0.177 e. The zero-order valence-corrected chi connectivity index (χ0v) is 11.7. The van der Waals surface area contributed by atoms with Crippen molar-refractivity contribution in [1.29, 1.82) is 0 Å². The smallest absolute Gasteiger partial charge is 0.177 e. The Hall–Kier alpha value is -0.490. The van der Waals surface area contributed by atoms with Crippen LogP contribution in [0.3, 0.4) is 0 Å². The number of hydrogen-bond donors (Lipinski definition) is 0. The molecule has 0 spiro atoms. The van der Waals surface area contributed by atoms with E-state index in [0.717, 1.165) is 6.26 Å². The maximum absolute atomic E-state index is 11.4. The fourth-order valence-electron chi connectivity index (χ4n) is 1.15. The number of ether oxygens (including phenoxy) is 2. The van der Waals surface area contributed by atoms with Gasteiger partial charge in [-0.1, -0.05) is 23.2 Å². The Balaban J connectivity index is 3.03. The lowest BCUT2D eigenvalue weighted by atomic mass is 10.3. The van der Waals surface area contributed by atoms with Gasteiger partial charge in [0, 0.05) is 13.4 Å². The van der Waals surface area contributed by atoms with Gasteiger partial charge in [-0.3, -0.25) is 0 Å². The van der Waals surface area contributed by atoms with Crippen LogP contribution in [0.1, 0.15) is 0 Å². The van der Waals surface area contributed by atoms with E-state index in [4.69, 9.17) is 32.7 Å². The number of rotatable bonds is 5. The van der Waals surface area contributed by atoms with Crippen LogP contribution in [0.25, 0.3) is 0 Å². The van der Waals surface area contributed by atoms with E-state index in [2.05, 4.69) is 0 Å². The van der Waals surface area contributed by atoms with Crippen molar-refractivity contribution in [3.05, 3.63) is 22.2 Å². The van der Waals surface area contributed by atoms with Crippen LogP contribution < -0.4 is 4.74 Å². The minimum Gasteiger partial charge on any atom is -0.490 e. The topological polar surface area (TPSA) is 52.6 Å². The lowest BCUT2D eigenvalue weighted by Gasteiger charge is -2.10. The first-order valence-corrected chi connectivity index (χ1v) is 7.32. The van der Waals surface area contributed by atoms with Gasteiger partial charge in [-0.05, 0) is 12.1 Å². The van der Waals surface area contributed by atoms with Crippen LogP contribution in [0.2, 0.25) is 10.0 Å². The van der Waals surface area contributed by atoms with Gasteiger partial charge in [-0.25, -0.2) is 8.42 Å². The fourth-order valence-corrected chi connectivity index (χ4v) is 2.74. The molecule has 1 aromatic rings. The van der Waals surface area contributed by atoms with Crippen LogP contribution in [0.4, 0.5) is 0 Å². The second kappa shape index (κ2) is 5.91. The minimum atomic E-state index is -3.39. The van der Waals surface area contributed by atoms with Crippen molar-refractivity contribution >= 4 is 33.0 Å². The Morgan fingerprint density at radius 1 is 1.18 bits per heavy atom. The molecule has 17 heavy (non-hydrogen) atoms. The third kappa shape index (κ3) is 3.74. The van der Waals surface area contributed by atoms with Gasteiger partial charge in [0.2, 0.25) is 0 Å². The van der Waals surface area contributed by atoms with Crippen LogP contribution in [0, 0.1) is 0 Å². The van der Waals surface area contributed by atoms with Crippen LogP contribution in [-0.2, 0) is 14.6 Å². The first-order chi connectivity index (χ1) is 7.88. The van der Waals surface area contributed by atoms with Crippen LogP contribution in [0.5, 0.6) is 5.75 Å². The highest BCUT2D eigenvalue weighted by Gasteiger charge is 2.17. The summed E-state index contributed by atoms with van der Waals surface area (Å²) in [5.74, 6) is 0.334. The summed E-state index contributed by atoms with van der Waals surface area (Å²) in [7, 11) is -1.85. The van der Waals surface area contributed by atoms with Crippen LogP contribution in [0.15, 0.2) is 17.0 Å². The second-order valence-electron chi connectivity index (χ2n) is 3.30. The summed E-state index contributed by atoms with van der Waals surface area (Å²) in [4.78, 5) is -0.0109. The summed E-state index contributed by atoms with van der Waals surface area (Å²) in [6.45, 7) is 0.715. The van der Waals surface area contributed by atoms with Gasteiger partial charge < -0.3 is 9.47 Å². The molecule has 0 aliphatic heterocycles. The first-order valence-electron chi connectivity index (χ1n) is 4.67. The molecular formula is C10H12Cl2O4S. The largest absolute Gasteiger partial charge is 0.490 e. The summed E-state index contributed by atoms with van der Waals surface area (Å²) in [5, 5.41) is 0.0646. The molecule has 96 valence electrons. The molecule has 0 fully saturated rings. The maximum atomic E-state index is 11.4. The quantitative estimate of drug-likeness (QED) is 0.784. The van der Waals surface area contributed by atoms with E-state index in [1.807, 2.05) is 0 Å². The summed E-state index contributed by atoms with van der Waals surface area (Å²) in [6, 6.07) is 2.84. The molecule has 0 saturated carbocycles. The van der Waals surface area contributed by atoms with Crippen molar-refractivity contribution in [2.24, 2.45) is 0 Å². The molecule has 0 bridgehead atoms. The molecule has 7 heteroatoms. The monoisotopic (exact) mass is 298 g/mol. The lowest BCUT2D eigenvalue weighted by molar-refractivity contribution is 0.146. The Labute approximate surface area is 110 Å². The Morgan fingerprint density at radius 2 is 1.82 bits per heavy atom. The third-order valence-corrected chi connectivity index (χ3v) is 4.07. The molecule has 0 unspecified atom stereocenters. The molecule has 0 aliphatic carbocycles. The summed E-state index contributed by atoms with van der Waals surface area (Å²) >= 11 is 11.8. The van der Waals surface area contributed by atoms with E-state index >= 15 is 0 Å². The van der Waals surface area contributed by atoms with Crippen molar-refractivity contribution in [2.75, 3.05) is 26.6 Å². The molecule has 1 aromatic carbocycles. The molecule has 0 amide bonds. The Morgan fingerprint density at radius 3 is 2.35 bits per heavy atom. The number of halogens is 2. The molecule has 4 nitrogen and oxygen atoms in total. The highest BCUT2D eigenvalue weighted by Crippen LogP contribution is 2.36. The zero-order valence-electron chi connectivity index (χ0n) is 9.37. The molecule has 0 N–H and O–H groups in total. The number of hydrogen-bond acceptors (Lipinski definition) is 4. The van der Waals surface area contributed by atoms with E-state index in [0.29, 0.717) is 19.0 Å². The number of methoxy groups -OCH3 is 1. The number of benzene rings is 1. The van der Waals surface area contributed by atoms with Crippen LogP contribution >= 0.6 is 23.2 Å². The molecule has 0 atom stereocenters. The third-order valence-electron chi connectivity index (χ3n) is 1.96. The molecule has 0 radical (unpaired) electrons. The van der Waals surface area contributed by atoms with E-state index in [9.17, 15) is 8.42 Å². The van der Waals surface area contributed by atoms with Gasteiger partial charge in [-0.15, -0.1) is 0 Å². The SMILES string of the molecule is COCCOc1ccc(S(C)(=O)=O)c(Cl)c1Cl. The summed E-state index contributed by atoms with van der Waals surface area (Å²) < 4.78 is 32.9. The molecule has 1 rings (SSSR count). The van der Waals surface area contributed by atoms with E-state index in [1.54, 1.807) is 7.11 Å². The molecule has 0 aliphatic rings. The predicted molar refractivity (Wildman–Crippen MR) is 66.9 cm³/mol. The molecule has 0 saturated heterocycles. The van der Waals surface area contributed by atoms with Crippen molar-refractivity contribution in [1.82, 2.24) is 0 Å². The van der Waals surface area contributed by atoms with Crippen molar-refractivity contribution in [3.63, 3.8) is 0 Å². The predicted octanol–water partition coefficient (Wildman–Crippen LogP) is 2.42. The standard InChI is InChI=1S/C10H12Cl2O4S/c1-15-5-6-16-7-3-4-8(17(2,13)14)10(12)9(7)11/h3-4H,5-6H2,1-2H3. The summed E-state index contributed by atoms with van der Waals surface area (Å²) in [5.41, 5.74) is 0. The van der Waals surface area contributed by atoms with Crippen molar-refractivity contribution in [2.45, 2.75) is 4.90 Å². The highest BCUT2D eigenvalue weighted by molar-refractivity contribution is 7.90. The normalized spacial score (nSPS) is 11.5.